The lowest BCUT2D eigenvalue weighted by atomic mass is 9.93. The summed E-state index contributed by atoms with van der Waals surface area (Å²) in [7, 11) is 0. The molecule has 1 fully saturated rings. The summed E-state index contributed by atoms with van der Waals surface area (Å²) in [5.41, 5.74) is 2.19. The Morgan fingerprint density at radius 2 is 2.10 bits per heavy atom. The normalized spacial score (nSPS) is 19.8. The Hall–Kier alpha value is -0.900. The third kappa shape index (κ3) is 4.89. The molecule has 20 heavy (non-hydrogen) atoms. The first-order chi connectivity index (χ1) is 9.65. The molecule has 1 aromatic carbocycles. The maximum atomic E-state index is 10.2. The Kier molecular flexibility index (Phi) is 6.02. The molecule has 0 aliphatic carbocycles. The van der Waals surface area contributed by atoms with E-state index < -0.39 is 6.10 Å². The Morgan fingerprint density at radius 1 is 1.35 bits per heavy atom. The van der Waals surface area contributed by atoms with E-state index in [1.54, 1.807) is 0 Å². The van der Waals surface area contributed by atoms with Crippen molar-refractivity contribution in [2.75, 3.05) is 19.8 Å². The van der Waals surface area contributed by atoms with E-state index in [0.717, 1.165) is 24.7 Å². The Bertz CT molecular complexity index is 402. The summed E-state index contributed by atoms with van der Waals surface area (Å²) in [5, 5.41) is 13.7. The fourth-order valence-corrected chi connectivity index (χ4v) is 2.87. The molecule has 1 heterocycles. The van der Waals surface area contributed by atoms with Crippen molar-refractivity contribution in [3.63, 3.8) is 0 Å². The van der Waals surface area contributed by atoms with Crippen molar-refractivity contribution in [3.05, 3.63) is 35.4 Å². The maximum absolute atomic E-state index is 10.2. The second kappa shape index (κ2) is 7.77. The van der Waals surface area contributed by atoms with E-state index in [4.69, 9.17) is 4.74 Å². The van der Waals surface area contributed by atoms with Gasteiger partial charge in [0.2, 0.25) is 0 Å². The highest BCUT2D eigenvalue weighted by molar-refractivity contribution is 5.24. The van der Waals surface area contributed by atoms with Gasteiger partial charge in [-0.05, 0) is 44.6 Å². The number of aliphatic hydroxyl groups is 1. The summed E-state index contributed by atoms with van der Waals surface area (Å²) in [6.07, 6.45) is 3.09. The number of aliphatic hydroxyl groups excluding tert-OH is 1. The van der Waals surface area contributed by atoms with Crippen LogP contribution < -0.4 is 5.32 Å². The molecule has 1 saturated heterocycles. The smallest absolute Gasteiger partial charge is 0.0914 e. The second-order valence-corrected chi connectivity index (χ2v) is 6.03. The van der Waals surface area contributed by atoms with Crippen molar-refractivity contribution in [1.82, 2.24) is 5.32 Å². The quantitative estimate of drug-likeness (QED) is 0.840. The molecule has 1 aromatic rings. The number of nitrogens with one attached hydrogen (secondary N) is 1. The third-order valence-electron chi connectivity index (χ3n) is 4.11. The summed E-state index contributed by atoms with van der Waals surface area (Å²) in [6, 6.07) is 8.53. The number of aryl methyl sites for hydroxylation is 1. The van der Waals surface area contributed by atoms with E-state index in [1.807, 2.05) is 12.1 Å². The van der Waals surface area contributed by atoms with Crippen LogP contribution in [0.2, 0.25) is 0 Å². The minimum atomic E-state index is -0.424. The molecule has 0 saturated carbocycles. The first kappa shape index (κ1) is 15.5. The highest BCUT2D eigenvalue weighted by Gasteiger charge is 2.17. The topological polar surface area (TPSA) is 41.5 Å². The van der Waals surface area contributed by atoms with Crippen molar-refractivity contribution in [2.24, 2.45) is 5.92 Å². The predicted octanol–water partition coefficient (Wildman–Crippen LogP) is 2.82. The van der Waals surface area contributed by atoms with E-state index in [-0.39, 0.29) is 0 Å². The fraction of sp³-hybridized carbons (Fsp3) is 0.647. The van der Waals surface area contributed by atoms with Gasteiger partial charge in [0.15, 0.2) is 0 Å². The second-order valence-electron chi connectivity index (χ2n) is 6.03. The van der Waals surface area contributed by atoms with Crippen LogP contribution in [-0.2, 0) is 4.74 Å². The van der Waals surface area contributed by atoms with Crippen LogP contribution in [0.3, 0.4) is 0 Å². The van der Waals surface area contributed by atoms with E-state index >= 15 is 0 Å². The van der Waals surface area contributed by atoms with Gasteiger partial charge in [-0.25, -0.2) is 0 Å². The summed E-state index contributed by atoms with van der Waals surface area (Å²) >= 11 is 0. The van der Waals surface area contributed by atoms with Crippen LogP contribution in [0.4, 0.5) is 0 Å². The largest absolute Gasteiger partial charge is 0.387 e. The molecule has 0 aromatic heterocycles. The average molecular weight is 277 g/mol. The Labute approximate surface area is 122 Å². The Morgan fingerprint density at radius 3 is 2.80 bits per heavy atom. The SMILES string of the molecule is Cc1cccc([C@@H](O)CN[C@H](C)CC2CCOCC2)c1. The lowest BCUT2D eigenvalue weighted by Gasteiger charge is -2.26. The minimum Gasteiger partial charge on any atom is -0.387 e. The van der Waals surface area contributed by atoms with Gasteiger partial charge in [0.1, 0.15) is 0 Å². The average Bonchev–Trinajstić information content (AvgIpc) is 2.46. The zero-order chi connectivity index (χ0) is 14.4. The number of hydrogen-bond acceptors (Lipinski definition) is 3. The number of hydrogen-bond donors (Lipinski definition) is 2. The molecule has 0 unspecified atom stereocenters. The monoisotopic (exact) mass is 277 g/mol. The van der Waals surface area contributed by atoms with Crippen LogP contribution >= 0.6 is 0 Å². The minimum absolute atomic E-state index is 0.424. The van der Waals surface area contributed by atoms with Gasteiger partial charge in [0, 0.05) is 25.8 Å². The van der Waals surface area contributed by atoms with Crippen LogP contribution in [0.5, 0.6) is 0 Å². The van der Waals surface area contributed by atoms with Crippen LogP contribution in [0.25, 0.3) is 0 Å². The molecular formula is C17H27NO2. The lowest BCUT2D eigenvalue weighted by Crippen LogP contribution is -2.33. The summed E-state index contributed by atoms with van der Waals surface area (Å²) in [5.74, 6) is 0.766. The molecule has 1 aliphatic rings. The number of benzene rings is 1. The molecule has 3 nitrogen and oxygen atoms in total. The summed E-state index contributed by atoms with van der Waals surface area (Å²) in [6.45, 7) is 6.69. The lowest BCUT2D eigenvalue weighted by molar-refractivity contribution is 0.0604. The van der Waals surface area contributed by atoms with Crippen molar-refractivity contribution in [1.29, 1.82) is 0 Å². The van der Waals surface area contributed by atoms with Crippen LogP contribution in [0, 0.1) is 12.8 Å². The molecule has 0 bridgehead atoms. The van der Waals surface area contributed by atoms with Gasteiger partial charge in [0.05, 0.1) is 6.10 Å². The molecule has 1 aliphatic heterocycles. The zero-order valence-electron chi connectivity index (χ0n) is 12.6. The number of ether oxygens (including phenoxy) is 1. The highest BCUT2D eigenvalue weighted by Crippen LogP contribution is 2.20. The third-order valence-corrected chi connectivity index (χ3v) is 4.11. The maximum Gasteiger partial charge on any atom is 0.0914 e. The molecular weight excluding hydrogens is 250 g/mol. The summed E-state index contributed by atoms with van der Waals surface area (Å²) < 4.78 is 5.39. The molecule has 2 N–H and O–H groups in total. The van der Waals surface area contributed by atoms with Gasteiger partial charge < -0.3 is 15.2 Å². The molecule has 0 radical (unpaired) electrons. The zero-order valence-corrected chi connectivity index (χ0v) is 12.6. The van der Waals surface area contributed by atoms with Gasteiger partial charge >= 0.3 is 0 Å². The van der Waals surface area contributed by atoms with Crippen molar-refractivity contribution in [2.45, 2.75) is 45.3 Å². The van der Waals surface area contributed by atoms with Crippen LogP contribution in [0.15, 0.2) is 24.3 Å². The van der Waals surface area contributed by atoms with Crippen LogP contribution in [-0.4, -0.2) is 30.9 Å². The van der Waals surface area contributed by atoms with Gasteiger partial charge in [-0.15, -0.1) is 0 Å². The van der Waals surface area contributed by atoms with E-state index in [2.05, 4.69) is 31.3 Å². The predicted molar refractivity (Wildman–Crippen MR) is 81.8 cm³/mol. The first-order valence-electron chi connectivity index (χ1n) is 7.71. The number of rotatable bonds is 6. The first-order valence-corrected chi connectivity index (χ1v) is 7.71. The summed E-state index contributed by atoms with van der Waals surface area (Å²) in [4.78, 5) is 0. The van der Waals surface area contributed by atoms with Gasteiger partial charge in [-0.1, -0.05) is 29.8 Å². The highest BCUT2D eigenvalue weighted by atomic mass is 16.5. The fourth-order valence-electron chi connectivity index (χ4n) is 2.87. The molecule has 112 valence electrons. The van der Waals surface area contributed by atoms with Gasteiger partial charge in [-0.3, -0.25) is 0 Å². The molecule has 0 spiro atoms. The van der Waals surface area contributed by atoms with Gasteiger partial charge in [-0.2, -0.15) is 0 Å². The molecule has 2 atom stereocenters. The van der Waals surface area contributed by atoms with Gasteiger partial charge in [0.25, 0.3) is 0 Å². The van der Waals surface area contributed by atoms with Crippen LogP contribution in [0.1, 0.15) is 43.4 Å². The van der Waals surface area contributed by atoms with E-state index in [0.29, 0.717) is 12.6 Å². The molecule has 3 heteroatoms. The van der Waals surface area contributed by atoms with Crippen molar-refractivity contribution < 1.29 is 9.84 Å². The molecule has 0 amide bonds. The van der Waals surface area contributed by atoms with E-state index in [9.17, 15) is 5.11 Å². The standard InChI is InChI=1S/C17H27NO2/c1-13-4-3-5-16(10-13)17(19)12-18-14(2)11-15-6-8-20-9-7-15/h3-5,10,14-15,17-19H,6-9,11-12H2,1-2H3/t14-,17+/m1/s1. The van der Waals surface area contributed by atoms with E-state index in [1.165, 1.54) is 24.8 Å². The molecule has 2 rings (SSSR count). The van der Waals surface area contributed by atoms with Crippen molar-refractivity contribution >= 4 is 0 Å². The Balaban J connectivity index is 1.73. The van der Waals surface area contributed by atoms with Crippen molar-refractivity contribution in [3.8, 4) is 0 Å².